The van der Waals surface area contributed by atoms with E-state index in [1.807, 2.05) is 36.1 Å². The van der Waals surface area contributed by atoms with E-state index in [9.17, 15) is 0 Å². The molecule has 0 atom stereocenters. The Morgan fingerprint density at radius 2 is 2.10 bits per heavy atom. The summed E-state index contributed by atoms with van der Waals surface area (Å²) in [7, 11) is 0. The van der Waals surface area contributed by atoms with Crippen molar-refractivity contribution in [2.45, 2.75) is 33.9 Å². The van der Waals surface area contributed by atoms with Gasteiger partial charge in [0.1, 0.15) is 12.4 Å². The van der Waals surface area contributed by atoms with Crippen molar-refractivity contribution >= 4 is 0 Å². The number of benzene rings is 1. The largest absolute Gasteiger partial charge is 0.491 e. The summed E-state index contributed by atoms with van der Waals surface area (Å²) < 4.78 is 7.82. The number of rotatable bonds is 8. The summed E-state index contributed by atoms with van der Waals surface area (Å²) in [5, 5.41) is 7.72. The molecule has 0 bridgehead atoms. The Morgan fingerprint density at radius 1 is 1.29 bits per heavy atom. The normalized spacial score (nSPS) is 11.0. The van der Waals surface area contributed by atoms with E-state index >= 15 is 0 Å². The molecule has 0 aliphatic carbocycles. The van der Waals surface area contributed by atoms with Crippen LogP contribution in [0.1, 0.15) is 25.0 Å². The number of para-hydroxylation sites is 1. The lowest BCUT2D eigenvalue weighted by molar-refractivity contribution is 0.288. The molecular weight excluding hydrogens is 262 g/mol. The van der Waals surface area contributed by atoms with Crippen LogP contribution >= 0.6 is 0 Å². The highest BCUT2D eigenvalue weighted by atomic mass is 16.5. The fourth-order valence-electron chi connectivity index (χ4n) is 2.12. The van der Waals surface area contributed by atoms with E-state index in [2.05, 4.69) is 36.4 Å². The first-order valence-corrected chi connectivity index (χ1v) is 7.55. The predicted octanol–water partition coefficient (Wildman–Crippen LogP) is 3.02. The van der Waals surface area contributed by atoms with E-state index < -0.39 is 0 Å². The van der Waals surface area contributed by atoms with E-state index in [1.165, 1.54) is 11.1 Å². The standard InChI is InChI=1S/C17H25N3O/c1-14(2)10-18-12-16-6-4-5-7-17(16)21-9-8-20-13-15(3)11-19-20/h4-7,11,13-14,18H,8-10,12H2,1-3H3. The molecule has 0 saturated heterocycles. The highest BCUT2D eigenvalue weighted by Gasteiger charge is 2.03. The monoisotopic (exact) mass is 287 g/mol. The first-order chi connectivity index (χ1) is 10.1. The molecule has 0 fully saturated rings. The number of hydrogen-bond donors (Lipinski definition) is 1. The van der Waals surface area contributed by atoms with Gasteiger partial charge in [-0.25, -0.2) is 0 Å². The van der Waals surface area contributed by atoms with Crippen molar-refractivity contribution in [3.8, 4) is 5.75 Å². The minimum atomic E-state index is 0.627. The van der Waals surface area contributed by atoms with Gasteiger partial charge in [0, 0.05) is 18.3 Å². The smallest absolute Gasteiger partial charge is 0.123 e. The van der Waals surface area contributed by atoms with Gasteiger partial charge in [0.05, 0.1) is 12.7 Å². The Balaban J connectivity index is 1.84. The van der Waals surface area contributed by atoms with E-state index in [0.717, 1.165) is 25.4 Å². The van der Waals surface area contributed by atoms with Crippen molar-refractivity contribution in [2.24, 2.45) is 5.92 Å². The summed E-state index contributed by atoms with van der Waals surface area (Å²) in [6.07, 6.45) is 3.89. The van der Waals surface area contributed by atoms with Crippen LogP contribution in [-0.2, 0) is 13.1 Å². The lowest BCUT2D eigenvalue weighted by Gasteiger charge is -2.13. The summed E-state index contributed by atoms with van der Waals surface area (Å²) >= 11 is 0. The van der Waals surface area contributed by atoms with Crippen LogP contribution in [0.4, 0.5) is 0 Å². The van der Waals surface area contributed by atoms with Gasteiger partial charge in [-0.3, -0.25) is 4.68 Å². The molecule has 0 aliphatic heterocycles. The molecule has 4 nitrogen and oxygen atoms in total. The molecule has 0 unspecified atom stereocenters. The highest BCUT2D eigenvalue weighted by Crippen LogP contribution is 2.17. The van der Waals surface area contributed by atoms with Crippen molar-refractivity contribution < 1.29 is 4.74 Å². The maximum atomic E-state index is 5.91. The lowest BCUT2D eigenvalue weighted by atomic mass is 10.2. The second kappa shape index (κ2) is 7.84. The minimum absolute atomic E-state index is 0.627. The maximum absolute atomic E-state index is 5.91. The van der Waals surface area contributed by atoms with E-state index in [0.29, 0.717) is 12.5 Å². The molecule has 114 valence electrons. The molecule has 4 heteroatoms. The first-order valence-electron chi connectivity index (χ1n) is 7.55. The molecule has 0 radical (unpaired) electrons. The predicted molar refractivity (Wildman–Crippen MR) is 85.4 cm³/mol. The molecule has 0 saturated carbocycles. The van der Waals surface area contributed by atoms with Crippen LogP contribution in [-0.4, -0.2) is 22.9 Å². The molecule has 0 aliphatic rings. The van der Waals surface area contributed by atoms with Crippen molar-refractivity contribution in [2.75, 3.05) is 13.2 Å². The Hall–Kier alpha value is -1.81. The average molecular weight is 287 g/mol. The van der Waals surface area contributed by atoms with Crippen LogP contribution in [0.3, 0.4) is 0 Å². The highest BCUT2D eigenvalue weighted by molar-refractivity contribution is 5.33. The summed E-state index contributed by atoms with van der Waals surface area (Å²) in [6.45, 7) is 9.71. The lowest BCUT2D eigenvalue weighted by Crippen LogP contribution is -2.19. The average Bonchev–Trinajstić information content (AvgIpc) is 2.86. The first kappa shape index (κ1) is 15.6. The van der Waals surface area contributed by atoms with E-state index in [4.69, 9.17) is 4.74 Å². The third-order valence-corrected chi connectivity index (χ3v) is 3.18. The summed E-state index contributed by atoms with van der Waals surface area (Å²) in [6, 6.07) is 8.21. The Kier molecular flexibility index (Phi) is 5.81. The van der Waals surface area contributed by atoms with Crippen LogP contribution in [0.5, 0.6) is 5.75 Å². The van der Waals surface area contributed by atoms with Gasteiger partial charge < -0.3 is 10.1 Å². The Bertz CT molecular complexity index is 548. The zero-order chi connectivity index (χ0) is 15.1. The Labute approximate surface area is 127 Å². The molecule has 1 heterocycles. The number of nitrogens with zero attached hydrogens (tertiary/aromatic N) is 2. The van der Waals surface area contributed by atoms with Crippen LogP contribution in [0.15, 0.2) is 36.7 Å². The van der Waals surface area contributed by atoms with Crippen LogP contribution in [0.2, 0.25) is 0 Å². The van der Waals surface area contributed by atoms with Gasteiger partial charge in [-0.1, -0.05) is 32.0 Å². The van der Waals surface area contributed by atoms with Gasteiger partial charge in [0.2, 0.25) is 0 Å². The third-order valence-electron chi connectivity index (χ3n) is 3.18. The minimum Gasteiger partial charge on any atom is -0.491 e. The van der Waals surface area contributed by atoms with Crippen LogP contribution < -0.4 is 10.1 Å². The third kappa shape index (κ3) is 5.23. The second-order valence-corrected chi connectivity index (χ2v) is 5.76. The summed E-state index contributed by atoms with van der Waals surface area (Å²) in [4.78, 5) is 0. The Morgan fingerprint density at radius 3 is 2.81 bits per heavy atom. The van der Waals surface area contributed by atoms with Gasteiger partial charge in [-0.05, 0) is 31.0 Å². The number of nitrogens with one attached hydrogen (secondary N) is 1. The van der Waals surface area contributed by atoms with Crippen molar-refractivity contribution in [3.63, 3.8) is 0 Å². The number of aryl methyl sites for hydroxylation is 1. The number of ether oxygens (including phenoxy) is 1. The van der Waals surface area contributed by atoms with Crippen molar-refractivity contribution in [1.82, 2.24) is 15.1 Å². The summed E-state index contributed by atoms with van der Waals surface area (Å²) in [5.41, 5.74) is 2.38. The molecule has 21 heavy (non-hydrogen) atoms. The van der Waals surface area contributed by atoms with Crippen LogP contribution in [0, 0.1) is 12.8 Å². The molecule has 2 rings (SSSR count). The number of aromatic nitrogens is 2. The topological polar surface area (TPSA) is 39.1 Å². The van der Waals surface area contributed by atoms with Gasteiger partial charge in [0.15, 0.2) is 0 Å². The molecule has 1 N–H and O–H groups in total. The quantitative estimate of drug-likeness (QED) is 0.811. The zero-order valence-corrected chi connectivity index (χ0v) is 13.2. The molecule has 0 spiro atoms. The number of hydrogen-bond acceptors (Lipinski definition) is 3. The maximum Gasteiger partial charge on any atom is 0.123 e. The molecule has 1 aromatic heterocycles. The van der Waals surface area contributed by atoms with Crippen molar-refractivity contribution in [3.05, 3.63) is 47.8 Å². The molecular formula is C17H25N3O. The van der Waals surface area contributed by atoms with Gasteiger partial charge in [0.25, 0.3) is 0 Å². The van der Waals surface area contributed by atoms with Gasteiger partial charge >= 0.3 is 0 Å². The summed E-state index contributed by atoms with van der Waals surface area (Å²) in [5.74, 6) is 1.61. The van der Waals surface area contributed by atoms with E-state index in [-0.39, 0.29) is 0 Å². The SMILES string of the molecule is Cc1cnn(CCOc2ccccc2CNCC(C)C)c1. The zero-order valence-electron chi connectivity index (χ0n) is 13.2. The van der Waals surface area contributed by atoms with Gasteiger partial charge in [-0.2, -0.15) is 5.10 Å². The van der Waals surface area contributed by atoms with Crippen molar-refractivity contribution in [1.29, 1.82) is 0 Å². The fraction of sp³-hybridized carbons (Fsp3) is 0.471. The molecule has 1 aromatic carbocycles. The fourth-order valence-corrected chi connectivity index (χ4v) is 2.12. The molecule has 2 aromatic rings. The van der Waals surface area contributed by atoms with Crippen LogP contribution in [0.25, 0.3) is 0 Å². The van der Waals surface area contributed by atoms with E-state index in [1.54, 1.807) is 0 Å². The molecule has 0 amide bonds. The van der Waals surface area contributed by atoms with Gasteiger partial charge in [-0.15, -0.1) is 0 Å². The second-order valence-electron chi connectivity index (χ2n) is 5.76.